The molecule has 2 aromatic heterocycles. The second kappa shape index (κ2) is 5.01. The number of nitrogens with zero attached hydrogens (tertiary/aromatic N) is 1. The molecule has 0 bridgehead atoms. The Morgan fingerprint density at radius 2 is 2.05 bits per heavy atom. The molecule has 4 N–H and O–H groups in total. The lowest BCUT2D eigenvalue weighted by Gasteiger charge is -2.16. The Morgan fingerprint density at radius 1 is 1.21 bits per heavy atom. The van der Waals surface area contributed by atoms with Gasteiger partial charge in [0.25, 0.3) is 0 Å². The van der Waals surface area contributed by atoms with Crippen molar-refractivity contribution in [1.29, 1.82) is 0 Å². The fraction of sp³-hybridized carbons (Fsp3) is 0.0714. The van der Waals surface area contributed by atoms with Gasteiger partial charge < -0.3 is 4.98 Å². The highest BCUT2D eigenvalue weighted by molar-refractivity contribution is 6.31. The summed E-state index contributed by atoms with van der Waals surface area (Å²) >= 11 is 6.20. The average Bonchev–Trinajstić information content (AvgIpc) is 2.86. The summed E-state index contributed by atoms with van der Waals surface area (Å²) in [7, 11) is 0. The van der Waals surface area contributed by atoms with E-state index >= 15 is 0 Å². The Hall–Kier alpha value is -1.88. The van der Waals surface area contributed by atoms with Crippen molar-refractivity contribution in [2.75, 3.05) is 0 Å². The molecule has 0 saturated heterocycles. The summed E-state index contributed by atoms with van der Waals surface area (Å²) in [6.45, 7) is 0. The number of rotatable bonds is 3. The van der Waals surface area contributed by atoms with Crippen LogP contribution in [0.4, 0.5) is 0 Å². The molecular formula is C14H13ClN4. The van der Waals surface area contributed by atoms with Crippen molar-refractivity contribution in [2.24, 2.45) is 5.84 Å². The number of aromatic amines is 1. The minimum Gasteiger partial charge on any atom is -0.361 e. The summed E-state index contributed by atoms with van der Waals surface area (Å²) in [5.74, 6) is 5.69. The van der Waals surface area contributed by atoms with Crippen LogP contribution in [-0.4, -0.2) is 9.97 Å². The van der Waals surface area contributed by atoms with Gasteiger partial charge in [0.15, 0.2) is 0 Å². The minimum atomic E-state index is -0.246. The number of fused-ring (bicyclic) bond motifs is 1. The van der Waals surface area contributed by atoms with Crippen LogP contribution >= 0.6 is 11.6 Å². The Morgan fingerprint density at radius 3 is 2.84 bits per heavy atom. The second-order valence-corrected chi connectivity index (χ2v) is 4.67. The van der Waals surface area contributed by atoms with Crippen molar-refractivity contribution in [3.05, 3.63) is 65.1 Å². The fourth-order valence-electron chi connectivity index (χ4n) is 2.26. The molecule has 19 heavy (non-hydrogen) atoms. The third kappa shape index (κ3) is 2.10. The van der Waals surface area contributed by atoms with Crippen LogP contribution in [0, 0.1) is 0 Å². The maximum absolute atomic E-state index is 6.20. The van der Waals surface area contributed by atoms with E-state index in [0.29, 0.717) is 5.02 Å². The van der Waals surface area contributed by atoms with Gasteiger partial charge in [-0.3, -0.25) is 10.8 Å². The number of hydrazine groups is 1. The molecule has 0 fully saturated rings. The number of aromatic nitrogens is 2. The van der Waals surface area contributed by atoms with E-state index in [1.54, 1.807) is 12.3 Å². The Balaban J connectivity index is 2.15. The van der Waals surface area contributed by atoms with Gasteiger partial charge in [-0.25, -0.2) is 5.43 Å². The van der Waals surface area contributed by atoms with Gasteiger partial charge in [-0.05, 0) is 18.2 Å². The summed E-state index contributed by atoms with van der Waals surface area (Å²) < 4.78 is 0. The predicted octanol–water partition coefficient (Wildman–Crippen LogP) is 2.77. The minimum absolute atomic E-state index is 0.246. The van der Waals surface area contributed by atoms with Gasteiger partial charge in [-0.2, -0.15) is 0 Å². The summed E-state index contributed by atoms with van der Waals surface area (Å²) in [4.78, 5) is 7.55. The van der Waals surface area contributed by atoms with Crippen LogP contribution in [0.3, 0.4) is 0 Å². The molecule has 1 unspecified atom stereocenters. The van der Waals surface area contributed by atoms with Crippen molar-refractivity contribution in [3.8, 4) is 0 Å². The first kappa shape index (κ1) is 12.2. The fourth-order valence-corrected chi connectivity index (χ4v) is 2.49. The molecule has 3 aromatic rings. The molecule has 5 heteroatoms. The SMILES string of the molecule is NNC(c1ncccc1Cl)c1c[nH]c2ccccc12. The van der Waals surface area contributed by atoms with E-state index in [2.05, 4.69) is 15.4 Å². The average molecular weight is 273 g/mol. The first-order chi connectivity index (χ1) is 9.31. The molecule has 0 aliphatic rings. The third-order valence-corrected chi connectivity index (χ3v) is 3.48. The smallest absolute Gasteiger partial charge is 0.0917 e. The number of hydrogen-bond donors (Lipinski definition) is 3. The van der Waals surface area contributed by atoms with Gasteiger partial charge >= 0.3 is 0 Å². The molecule has 4 nitrogen and oxygen atoms in total. The number of benzene rings is 1. The van der Waals surface area contributed by atoms with Crippen LogP contribution in [-0.2, 0) is 0 Å². The van der Waals surface area contributed by atoms with Crippen LogP contribution in [0.2, 0.25) is 5.02 Å². The van der Waals surface area contributed by atoms with Crippen LogP contribution in [0.5, 0.6) is 0 Å². The first-order valence-electron chi connectivity index (χ1n) is 5.94. The van der Waals surface area contributed by atoms with Gasteiger partial charge in [-0.1, -0.05) is 29.8 Å². The molecule has 0 amide bonds. The van der Waals surface area contributed by atoms with Crippen molar-refractivity contribution in [1.82, 2.24) is 15.4 Å². The van der Waals surface area contributed by atoms with Gasteiger partial charge in [-0.15, -0.1) is 0 Å². The maximum atomic E-state index is 6.20. The van der Waals surface area contributed by atoms with E-state index in [1.165, 1.54) is 0 Å². The van der Waals surface area contributed by atoms with Crippen molar-refractivity contribution in [2.45, 2.75) is 6.04 Å². The lowest BCUT2D eigenvalue weighted by molar-refractivity contribution is 0.625. The van der Waals surface area contributed by atoms with Gasteiger partial charge in [0.05, 0.1) is 16.8 Å². The van der Waals surface area contributed by atoms with E-state index in [-0.39, 0.29) is 6.04 Å². The number of pyridine rings is 1. The number of H-pyrrole nitrogens is 1. The second-order valence-electron chi connectivity index (χ2n) is 4.26. The molecule has 96 valence electrons. The van der Waals surface area contributed by atoms with Gasteiger partial charge in [0.2, 0.25) is 0 Å². The highest BCUT2D eigenvalue weighted by Gasteiger charge is 2.19. The standard InChI is InChI=1S/C14H13ClN4/c15-11-5-3-7-17-14(11)13(19-16)10-8-18-12-6-2-1-4-9(10)12/h1-8,13,18-19H,16H2. The molecule has 1 atom stereocenters. The molecule has 0 aliphatic heterocycles. The quantitative estimate of drug-likeness (QED) is 0.507. The largest absolute Gasteiger partial charge is 0.361 e. The molecule has 0 spiro atoms. The molecule has 0 aliphatic carbocycles. The maximum Gasteiger partial charge on any atom is 0.0917 e. The molecule has 1 aromatic carbocycles. The molecule has 2 heterocycles. The van der Waals surface area contributed by atoms with E-state index < -0.39 is 0 Å². The normalized spacial score (nSPS) is 12.7. The summed E-state index contributed by atoms with van der Waals surface area (Å²) in [6, 6.07) is 11.4. The number of hydrogen-bond acceptors (Lipinski definition) is 3. The number of para-hydroxylation sites is 1. The van der Waals surface area contributed by atoms with E-state index in [9.17, 15) is 0 Å². The lowest BCUT2D eigenvalue weighted by atomic mass is 10.0. The van der Waals surface area contributed by atoms with Crippen LogP contribution < -0.4 is 11.3 Å². The summed E-state index contributed by atoms with van der Waals surface area (Å²) in [6.07, 6.45) is 3.64. The molecule has 0 saturated carbocycles. The Bertz CT molecular complexity index is 707. The number of halogens is 1. The van der Waals surface area contributed by atoms with Crippen LogP contribution in [0.1, 0.15) is 17.3 Å². The van der Waals surface area contributed by atoms with Crippen LogP contribution in [0.15, 0.2) is 48.8 Å². The molecular weight excluding hydrogens is 260 g/mol. The highest BCUT2D eigenvalue weighted by atomic mass is 35.5. The summed E-state index contributed by atoms with van der Waals surface area (Å²) in [5.41, 5.74) is 5.59. The van der Waals surface area contributed by atoms with E-state index in [0.717, 1.165) is 22.2 Å². The number of nitrogens with one attached hydrogen (secondary N) is 2. The topological polar surface area (TPSA) is 66.7 Å². The highest BCUT2D eigenvalue weighted by Crippen LogP contribution is 2.30. The monoisotopic (exact) mass is 272 g/mol. The van der Waals surface area contributed by atoms with Crippen LogP contribution in [0.25, 0.3) is 10.9 Å². The molecule has 0 radical (unpaired) electrons. The lowest BCUT2D eigenvalue weighted by Crippen LogP contribution is -2.29. The summed E-state index contributed by atoms with van der Waals surface area (Å²) in [5, 5.41) is 1.70. The third-order valence-electron chi connectivity index (χ3n) is 3.16. The zero-order valence-corrected chi connectivity index (χ0v) is 10.9. The zero-order valence-electron chi connectivity index (χ0n) is 10.1. The van der Waals surface area contributed by atoms with Gasteiger partial charge in [0, 0.05) is 28.9 Å². The van der Waals surface area contributed by atoms with Crippen molar-refractivity contribution >= 4 is 22.5 Å². The van der Waals surface area contributed by atoms with Crippen molar-refractivity contribution in [3.63, 3.8) is 0 Å². The van der Waals surface area contributed by atoms with E-state index in [4.69, 9.17) is 17.4 Å². The first-order valence-corrected chi connectivity index (χ1v) is 6.31. The van der Waals surface area contributed by atoms with Gasteiger partial charge in [0.1, 0.15) is 0 Å². The number of nitrogens with two attached hydrogens (primary N) is 1. The van der Waals surface area contributed by atoms with E-state index in [1.807, 2.05) is 36.5 Å². The predicted molar refractivity (Wildman–Crippen MR) is 76.7 cm³/mol. The Labute approximate surface area is 115 Å². The zero-order chi connectivity index (χ0) is 13.2. The Kier molecular flexibility index (Phi) is 3.21. The molecule has 3 rings (SSSR count). The van der Waals surface area contributed by atoms with Crippen molar-refractivity contribution < 1.29 is 0 Å².